The van der Waals surface area contributed by atoms with Gasteiger partial charge in [-0.2, -0.15) is 0 Å². The highest BCUT2D eigenvalue weighted by Gasteiger charge is 2.20. The maximum Gasteiger partial charge on any atom is 0.128 e. The van der Waals surface area contributed by atoms with Gasteiger partial charge in [0.25, 0.3) is 0 Å². The number of halogens is 2. The van der Waals surface area contributed by atoms with Crippen LogP contribution in [0.15, 0.2) is 18.2 Å². The summed E-state index contributed by atoms with van der Waals surface area (Å²) in [6.07, 6.45) is 0.808. The number of aliphatic hydroxyl groups excluding tert-OH is 1. The van der Waals surface area contributed by atoms with Crippen LogP contribution in [0.4, 0.5) is 4.39 Å². The van der Waals surface area contributed by atoms with Crippen LogP contribution in [-0.2, 0) is 0 Å². The quantitative estimate of drug-likeness (QED) is 0.866. The second-order valence-corrected chi connectivity index (χ2v) is 5.09. The van der Waals surface area contributed by atoms with Crippen molar-refractivity contribution in [2.24, 2.45) is 11.7 Å². The highest BCUT2D eigenvalue weighted by atomic mass is 35.5. The smallest absolute Gasteiger partial charge is 0.128 e. The Labute approximate surface area is 115 Å². The highest BCUT2D eigenvalue weighted by molar-refractivity contribution is 5.85. The van der Waals surface area contributed by atoms with E-state index in [0.717, 1.165) is 12.0 Å². The van der Waals surface area contributed by atoms with Crippen LogP contribution in [-0.4, -0.2) is 11.2 Å². The van der Waals surface area contributed by atoms with E-state index >= 15 is 0 Å². The summed E-state index contributed by atoms with van der Waals surface area (Å²) in [5.74, 6) is 0.172. The lowest BCUT2D eigenvalue weighted by molar-refractivity contribution is 0.127. The van der Waals surface area contributed by atoms with Crippen LogP contribution in [0.2, 0.25) is 0 Å². The van der Waals surface area contributed by atoms with Crippen molar-refractivity contribution in [1.82, 2.24) is 0 Å². The van der Waals surface area contributed by atoms with Gasteiger partial charge in [0, 0.05) is 5.56 Å². The molecule has 0 bridgehead atoms. The van der Waals surface area contributed by atoms with Gasteiger partial charge < -0.3 is 10.8 Å². The lowest BCUT2D eigenvalue weighted by atomic mass is 9.95. The standard InChI is InChI=1S/C14H22FNO.ClH/c1-9(2)4-7-13(17)14(16)11-8-10(3)5-6-12(11)15;/h5-6,8-9,13-14,17H,4,7,16H2,1-3H3;1H/t13-,14+;/m0./s1. The predicted octanol–water partition coefficient (Wildman–Crippen LogP) is 3.35. The molecule has 1 aromatic rings. The van der Waals surface area contributed by atoms with Gasteiger partial charge in [-0.25, -0.2) is 4.39 Å². The first kappa shape index (κ1) is 17.4. The van der Waals surface area contributed by atoms with Crippen molar-refractivity contribution in [3.63, 3.8) is 0 Å². The maximum atomic E-state index is 13.6. The number of hydrogen-bond acceptors (Lipinski definition) is 2. The van der Waals surface area contributed by atoms with Crippen molar-refractivity contribution >= 4 is 12.4 Å². The molecule has 0 saturated carbocycles. The van der Waals surface area contributed by atoms with Crippen molar-refractivity contribution in [2.75, 3.05) is 0 Å². The van der Waals surface area contributed by atoms with E-state index in [1.807, 2.05) is 6.92 Å². The van der Waals surface area contributed by atoms with Gasteiger partial charge in [-0.1, -0.05) is 31.5 Å². The third-order valence-electron chi connectivity index (χ3n) is 2.96. The summed E-state index contributed by atoms with van der Waals surface area (Å²) < 4.78 is 13.6. The topological polar surface area (TPSA) is 46.2 Å². The fourth-order valence-corrected chi connectivity index (χ4v) is 1.81. The molecule has 0 fully saturated rings. The number of benzene rings is 1. The van der Waals surface area contributed by atoms with Crippen LogP contribution in [0.3, 0.4) is 0 Å². The van der Waals surface area contributed by atoms with Crippen LogP contribution in [0, 0.1) is 18.7 Å². The van der Waals surface area contributed by atoms with E-state index in [9.17, 15) is 9.50 Å². The Morgan fingerprint density at radius 2 is 1.89 bits per heavy atom. The van der Waals surface area contributed by atoms with Crippen molar-refractivity contribution < 1.29 is 9.50 Å². The Kier molecular flexibility index (Phi) is 7.45. The molecule has 1 rings (SSSR count). The number of nitrogens with two attached hydrogens (primary N) is 1. The second kappa shape index (κ2) is 7.72. The molecule has 104 valence electrons. The Morgan fingerprint density at radius 3 is 2.44 bits per heavy atom. The lowest BCUT2D eigenvalue weighted by Crippen LogP contribution is -2.27. The molecule has 0 aromatic heterocycles. The van der Waals surface area contributed by atoms with Gasteiger partial charge in [0.2, 0.25) is 0 Å². The van der Waals surface area contributed by atoms with Gasteiger partial charge in [-0.3, -0.25) is 0 Å². The van der Waals surface area contributed by atoms with E-state index in [0.29, 0.717) is 17.9 Å². The molecule has 0 aliphatic rings. The Morgan fingerprint density at radius 1 is 1.28 bits per heavy atom. The fraction of sp³-hybridized carbons (Fsp3) is 0.571. The fourth-order valence-electron chi connectivity index (χ4n) is 1.81. The first-order valence-corrected chi connectivity index (χ1v) is 6.11. The molecule has 0 heterocycles. The van der Waals surface area contributed by atoms with E-state index in [1.54, 1.807) is 12.1 Å². The first-order chi connectivity index (χ1) is 7.91. The predicted molar refractivity (Wildman–Crippen MR) is 75.4 cm³/mol. The number of aliphatic hydroxyl groups is 1. The minimum atomic E-state index is -0.686. The molecule has 0 unspecified atom stereocenters. The van der Waals surface area contributed by atoms with Crippen molar-refractivity contribution in [1.29, 1.82) is 0 Å². The molecule has 0 spiro atoms. The van der Waals surface area contributed by atoms with Crippen LogP contribution in [0.5, 0.6) is 0 Å². The van der Waals surface area contributed by atoms with E-state index in [4.69, 9.17) is 5.73 Å². The largest absolute Gasteiger partial charge is 0.391 e. The number of rotatable bonds is 5. The SMILES string of the molecule is Cc1ccc(F)c([C@@H](N)[C@@H](O)CCC(C)C)c1.Cl. The summed E-state index contributed by atoms with van der Waals surface area (Å²) in [4.78, 5) is 0. The minimum absolute atomic E-state index is 0. The molecular weight excluding hydrogens is 253 g/mol. The Balaban J connectivity index is 0.00000289. The molecule has 0 aliphatic heterocycles. The molecule has 0 aliphatic carbocycles. The summed E-state index contributed by atoms with van der Waals surface area (Å²) in [7, 11) is 0. The summed E-state index contributed by atoms with van der Waals surface area (Å²) in [6.45, 7) is 6.06. The van der Waals surface area contributed by atoms with Crippen LogP contribution >= 0.6 is 12.4 Å². The van der Waals surface area contributed by atoms with Gasteiger partial charge >= 0.3 is 0 Å². The molecule has 2 atom stereocenters. The second-order valence-electron chi connectivity index (χ2n) is 5.09. The zero-order valence-corrected chi connectivity index (χ0v) is 12.0. The molecule has 4 heteroatoms. The molecular formula is C14H23ClFNO. The Bertz CT molecular complexity index is 371. The minimum Gasteiger partial charge on any atom is -0.391 e. The van der Waals surface area contributed by atoms with Gasteiger partial charge in [0.05, 0.1) is 12.1 Å². The summed E-state index contributed by atoms with van der Waals surface area (Å²) in [5, 5.41) is 9.94. The zero-order valence-electron chi connectivity index (χ0n) is 11.2. The molecule has 0 radical (unpaired) electrons. The summed E-state index contributed by atoms with van der Waals surface area (Å²) in [6, 6.07) is 4.17. The monoisotopic (exact) mass is 275 g/mol. The van der Waals surface area contributed by atoms with E-state index in [-0.39, 0.29) is 18.2 Å². The Hall–Kier alpha value is -0.640. The average molecular weight is 276 g/mol. The summed E-state index contributed by atoms with van der Waals surface area (Å²) in [5.41, 5.74) is 7.26. The molecule has 2 nitrogen and oxygen atoms in total. The van der Waals surface area contributed by atoms with Gasteiger partial charge in [-0.15, -0.1) is 12.4 Å². The van der Waals surface area contributed by atoms with Crippen molar-refractivity contribution in [3.05, 3.63) is 35.1 Å². The third kappa shape index (κ3) is 4.92. The molecule has 3 N–H and O–H groups in total. The molecule has 1 aromatic carbocycles. The van der Waals surface area contributed by atoms with E-state index in [1.165, 1.54) is 6.07 Å². The van der Waals surface area contributed by atoms with Crippen LogP contribution in [0.25, 0.3) is 0 Å². The van der Waals surface area contributed by atoms with Crippen LogP contribution in [0.1, 0.15) is 43.9 Å². The van der Waals surface area contributed by atoms with E-state index < -0.39 is 12.1 Å². The normalized spacial score (nSPS) is 14.2. The maximum absolute atomic E-state index is 13.6. The van der Waals surface area contributed by atoms with E-state index in [2.05, 4.69) is 13.8 Å². The number of aryl methyl sites for hydroxylation is 1. The van der Waals surface area contributed by atoms with Crippen LogP contribution < -0.4 is 5.73 Å². The number of hydrogen-bond donors (Lipinski definition) is 2. The zero-order chi connectivity index (χ0) is 13.0. The van der Waals surface area contributed by atoms with Gasteiger partial charge in [0.15, 0.2) is 0 Å². The summed E-state index contributed by atoms with van der Waals surface area (Å²) >= 11 is 0. The molecule has 0 amide bonds. The third-order valence-corrected chi connectivity index (χ3v) is 2.96. The van der Waals surface area contributed by atoms with Gasteiger partial charge in [0.1, 0.15) is 5.82 Å². The average Bonchev–Trinajstić information content (AvgIpc) is 2.28. The highest BCUT2D eigenvalue weighted by Crippen LogP contribution is 2.22. The van der Waals surface area contributed by atoms with Crippen molar-refractivity contribution in [2.45, 2.75) is 45.8 Å². The van der Waals surface area contributed by atoms with Gasteiger partial charge in [-0.05, 0) is 31.7 Å². The molecule has 18 heavy (non-hydrogen) atoms. The lowest BCUT2D eigenvalue weighted by Gasteiger charge is -2.20. The van der Waals surface area contributed by atoms with Crippen molar-refractivity contribution in [3.8, 4) is 0 Å². The first-order valence-electron chi connectivity index (χ1n) is 6.11. The molecule has 0 saturated heterocycles.